The average Bonchev–Trinajstić information content (AvgIpc) is 2.49. The van der Waals surface area contributed by atoms with Crippen molar-refractivity contribution in [3.63, 3.8) is 0 Å². The van der Waals surface area contributed by atoms with Gasteiger partial charge >= 0.3 is 11.9 Å². The molecule has 0 fully saturated rings. The van der Waals surface area contributed by atoms with E-state index in [1.54, 1.807) is 13.8 Å². The molecule has 0 aliphatic rings. The first-order valence-electron chi connectivity index (χ1n) is 5.89. The number of hydrogen-bond acceptors (Lipinski definition) is 8. The van der Waals surface area contributed by atoms with Gasteiger partial charge in [0.1, 0.15) is 11.5 Å². The minimum atomic E-state index is -0.678. The summed E-state index contributed by atoms with van der Waals surface area (Å²) in [5, 5.41) is 0. The van der Waals surface area contributed by atoms with Gasteiger partial charge in [-0.1, -0.05) is 0 Å². The Labute approximate surface area is 160 Å². The summed E-state index contributed by atoms with van der Waals surface area (Å²) in [5.41, 5.74) is 0. The van der Waals surface area contributed by atoms with Gasteiger partial charge in [0.05, 0.1) is 18.4 Å². The lowest BCUT2D eigenvalue weighted by molar-refractivity contribution is -0.141. The summed E-state index contributed by atoms with van der Waals surface area (Å²) in [6.45, 7) is 3.19. The summed E-state index contributed by atoms with van der Waals surface area (Å²) in [4.78, 5) is 23.3. The third kappa shape index (κ3) is 7.21. The van der Waals surface area contributed by atoms with Crippen molar-refractivity contribution in [3.8, 4) is 11.5 Å². The van der Waals surface area contributed by atoms with Crippen LogP contribution in [0.3, 0.4) is 0 Å². The van der Waals surface area contributed by atoms with Crippen LogP contribution in [-0.2, 0) is 18.0 Å². The van der Waals surface area contributed by atoms with Crippen molar-refractivity contribution in [2.75, 3.05) is 0 Å². The SMILES string of the molecule is C[C@H](OSI)C(=O)Oc1ccc(OC(=O)[C@H](C)OSI)cc1. The molecular weight excluding hydrogens is 558 g/mol. The summed E-state index contributed by atoms with van der Waals surface area (Å²) >= 11 is 3.84. The number of benzene rings is 1. The van der Waals surface area contributed by atoms with Crippen LogP contribution in [0.15, 0.2) is 24.3 Å². The molecule has 10 heteroatoms. The maximum absolute atomic E-state index is 11.7. The van der Waals surface area contributed by atoms with Crippen LogP contribution in [0.4, 0.5) is 0 Å². The lowest BCUT2D eigenvalue weighted by atomic mass is 10.3. The van der Waals surface area contributed by atoms with Gasteiger partial charge in [0.2, 0.25) is 0 Å². The molecule has 0 aliphatic carbocycles. The zero-order valence-corrected chi connectivity index (χ0v) is 17.4. The Morgan fingerprint density at radius 1 is 0.864 bits per heavy atom. The molecule has 1 rings (SSSR count). The van der Waals surface area contributed by atoms with E-state index in [1.165, 1.54) is 24.3 Å². The van der Waals surface area contributed by atoms with E-state index in [9.17, 15) is 9.59 Å². The predicted octanol–water partition coefficient (Wildman–Crippen LogP) is 4.30. The van der Waals surface area contributed by atoms with Crippen LogP contribution in [0.25, 0.3) is 0 Å². The standard InChI is InChI=1S/C12H12I2O6S2/c1-7(19-21-13)11(15)17-9-3-5-10(6-4-9)18-12(16)8(2)20-22-14/h3-8H,1-2H3/t7-,8-/m0/s1. The summed E-state index contributed by atoms with van der Waals surface area (Å²) in [7, 11) is 2.12. The van der Waals surface area contributed by atoms with Gasteiger partial charge in [-0.3, -0.25) is 8.37 Å². The Bertz CT molecular complexity index is 454. The van der Waals surface area contributed by atoms with E-state index in [0.29, 0.717) is 11.5 Å². The van der Waals surface area contributed by atoms with Crippen molar-refractivity contribution in [1.29, 1.82) is 0 Å². The fourth-order valence-electron chi connectivity index (χ4n) is 1.16. The maximum atomic E-state index is 11.7. The van der Waals surface area contributed by atoms with E-state index < -0.39 is 24.1 Å². The highest BCUT2D eigenvalue weighted by Crippen LogP contribution is 2.21. The summed E-state index contributed by atoms with van der Waals surface area (Å²) in [5.74, 6) is -0.332. The van der Waals surface area contributed by atoms with Crippen molar-refractivity contribution in [1.82, 2.24) is 0 Å². The van der Waals surface area contributed by atoms with E-state index in [0.717, 1.165) is 18.4 Å². The van der Waals surface area contributed by atoms with Gasteiger partial charge < -0.3 is 9.47 Å². The van der Waals surface area contributed by atoms with Gasteiger partial charge in [0.15, 0.2) is 12.2 Å². The topological polar surface area (TPSA) is 71.1 Å². The number of carbonyl (C=O) groups excluding carboxylic acids is 2. The van der Waals surface area contributed by atoms with Crippen molar-refractivity contribution in [3.05, 3.63) is 24.3 Å². The van der Waals surface area contributed by atoms with Crippen LogP contribution in [0.5, 0.6) is 11.5 Å². The third-order valence-electron chi connectivity index (χ3n) is 2.29. The normalized spacial score (nSPS) is 13.3. The second-order valence-corrected chi connectivity index (χ2v) is 6.71. The maximum Gasteiger partial charge on any atom is 0.341 e. The molecule has 122 valence electrons. The summed E-state index contributed by atoms with van der Waals surface area (Å²) in [6.07, 6.45) is -1.36. The molecule has 0 radical (unpaired) electrons. The first-order valence-corrected chi connectivity index (χ1v) is 12.5. The Balaban J connectivity index is 2.56. The Morgan fingerprint density at radius 3 is 1.45 bits per heavy atom. The van der Waals surface area contributed by atoms with E-state index >= 15 is 0 Å². The molecule has 0 saturated carbocycles. The van der Waals surface area contributed by atoms with Crippen molar-refractivity contribution in [2.45, 2.75) is 26.1 Å². The predicted molar refractivity (Wildman–Crippen MR) is 102 cm³/mol. The quantitative estimate of drug-likeness (QED) is 0.199. The number of rotatable bonds is 8. The molecule has 0 N–H and O–H groups in total. The zero-order valence-electron chi connectivity index (χ0n) is 11.5. The molecule has 0 bridgehead atoms. The molecule has 1 aromatic rings. The minimum absolute atomic E-state index is 0.339. The molecule has 0 heterocycles. The fraction of sp³-hybridized carbons (Fsp3) is 0.333. The van der Waals surface area contributed by atoms with Gasteiger partial charge in [-0.05, 0) is 38.1 Å². The Hall–Kier alpha value is 0.240. The third-order valence-corrected chi connectivity index (χ3v) is 4.25. The largest absolute Gasteiger partial charge is 0.425 e. The summed E-state index contributed by atoms with van der Waals surface area (Å²) < 4.78 is 20.3. The van der Waals surface area contributed by atoms with Gasteiger partial charge in [-0.15, -0.1) is 0 Å². The van der Waals surface area contributed by atoms with E-state index in [-0.39, 0.29) is 0 Å². The molecule has 22 heavy (non-hydrogen) atoms. The highest BCUT2D eigenvalue weighted by Gasteiger charge is 2.18. The molecule has 0 amide bonds. The van der Waals surface area contributed by atoms with Crippen LogP contribution in [0.1, 0.15) is 13.8 Å². The Morgan fingerprint density at radius 2 is 1.18 bits per heavy atom. The van der Waals surface area contributed by atoms with Crippen LogP contribution in [-0.4, -0.2) is 24.1 Å². The van der Waals surface area contributed by atoms with Crippen LogP contribution in [0.2, 0.25) is 0 Å². The van der Waals surface area contributed by atoms with Crippen molar-refractivity contribution < 1.29 is 27.4 Å². The van der Waals surface area contributed by atoms with Crippen molar-refractivity contribution in [2.24, 2.45) is 0 Å². The molecule has 0 unspecified atom stereocenters. The first kappa shape index (κ1) is 20.3. The number of halogens is 2. The van der Waals surface area contributed by atoms with Crippen molar-refractivity contribution >= 4 is 72.8 Å². The van der Waals surface area contributed by atoms with Gasteiger partial charge in [-0.2, -0.15) is 0 Å². The Kier molecular flexibility index (Phi) is 10.1. The smallest absolute Gasteiger partial charge is 0.341 e. The fourth-order valence-corrected chi connectivity index (χ4v) is 3.41. The van der Waals surface area contributed by atoms with E-state index in [1.807, 2.05) is 42.4 Å². The molecule has 0 aliphatic heterocycles. The van der Waals surface area contributed by atoms with Gasteiger partial charge in [-0.25, -0.2) is 9.59 Å². The molecule has 0 aromatic heterocycles. The second kappa shape index (κ2) is 10.9. The average molecular weight is 570 g/mol. The van der Waals surface area contributed by atoms with E-state index in [2.05, 4.69) is 0 Å². The monoisotopic (exact) mass is 570 g/mol. The molecule has 1 aromatic carbocycles. The lowest BCUT2D eigenvalue weighted by Crippen LogP contribution is -2.24. The number of hydrogen-bond donors (Lipinski definition) is 0. The zero-order chi connectivity index (χ0) is 16.5. The highest BCUT2D eigenvalue weighted by molar-refractivity contribution is 14.2. The summed E-state index contributed by atoms with van der Waals surface area (Å²) in [6, 6.07) is 6.12. The number of carbonyl (C=O) groups is 2. The first-order chi connectivity index (χ1) is 10.5. The van der Waals surface area contributed by atoms with Gasteiger partial charge in [0.25, 0.3) is 0 Å². The molecule has 0 saturated heterocycles. The second-order valence-electron chi connectivity index (χ2n) is 3.92. The van der Waals surface area contributed by atoms with E-state index in [4.69, 9.17) is 17.8 Å². The molecular formula is C12H12I2O6S2. The number of ether oxygens (including phenoxy) is 2. The van der Waals surface area contributed by atoms with Crippen LogP contribution in [0, 0.1) is 0 Å². The van der Waals surface area contributed by atoms with Gasteiger partial charge in [0, 0.05) is 42.4 Å². The van der Waals surface area contributed by atoms with Crippen LogP contribution < -0.4 is 9.47 Å². The molecule has 6 nitrogen and oxygen atoms in total. The lowest BCUT2D eigenvalue weighted by Gasteiger charge is -2.11. The minimum Gasteiger partial charge on any atom is -0.425 e. The molecule has 2 atom stereocenters. The highest BCUT2D eigenvalue weighted by atomic mass is 127. The molecule has 0 spiro atoms. The van der Waals surface area contributed by atoms with Crippen LogP contribution >= 0.6 is 60.8 Å². The number of esters is 2.